The van der Waals surface area contributed by atoms with Crippen LogP contribution in [0.15, 0.2) is 36.4 Å². The number of pyridine rings is 1. The normalized spacial score (nSPS) is 16.3. The third-order valence-electron chi connectivity index (χ3n) is 5.48. The molecule has 3 heterocycles. The molecule has 1 fully saturated rings. The van der Waals surface area contributed by atoms with Crippen LogP contribution in [0.3, 0.4) is 0 Å². The van der Waals surface area contributed by atoms with Crippen molar-refractivity contribution in [2.45, 2.75) is 19.4 Å². The van der Waals surface area contributed by atoms with Gasteiger partial charge in [0, 0.05) is 51.9 Å². The molecule has 1 aromatic heterocycles. The number of amides is 1. The molecule has 1 aromatic carbocycles. The minimum atomic E-state index is -0.250. The first-order valence-electron chi connectivity index (χ1n) is 10.1. The number of likely N-dealkylation sites (N-methyl/N-ethyl adjacent to an activating group) is 1. The number of benzene rings is 1. The van der Waals surface area contributed by atoms with Crippen molar-refractivity contribution in [3.63, 3.8) is 0 Å². The lowest BCUT2D eigenvalue weighted by molar-refractivity contribution is -0.122. The van der Waals surface area contributed by atoms with Crippen molar-refractivity contribution in [3.8, 4) is 0 Å². The molecule has 7 nitrogen and oxygen atoms in total. The molecule has 2 aliphatic heterocycles. The molecule has 0 radical (unpaired) electrons. The van der Waals surface area contributed by atoms with Crippen molar-refractivity contribution in [2.24, 2.45) is 0 Å². The topological polar surface area (TPSA) is 77.0 Å². The number of carboxylic acid groups (broad SMARTS) is 1. The van der Waals surface area contributed by atoms with E-state index in [9.17, 15) is 9.18 Å². The Balaban J connectivity index is 0.000000806. The van der Waals surface area contributed by atoms with Crippen LogP contribution in [0.25, 0.3) is 0 Å². The molecule has 2 aliphatic rings. The first-order valence-corrected chi connectivity index (χ1v) is 10.1. The van der Waals surface area contributed by atoms with Crippen LogP contribution in [0, 0.1) is 5.82 Å². The number of nitrogens with zero attached hydrogens (tertiary/aromatic N) is 4. The highest BCUT2D eigenvalue weighted by molar-refractivity contribution is 5.93. The maximum absolute atomic E-state index is 13.9. The van der Waals surface area contributed by atoms with Crippen LogP contribution in [0.2, 0.25) is 0 Å². The van der Waals surface area contributed by atoms with E-state index in [4.69, 9.17) is 9.90 Å². The van der Waals surface area contributed by atoms with E-state index in [2.05, 4.69) is 14.8 Å². The molecule has 160 valence electrons. The Morgan fingerprint density at radius 2 is 1.90 bits per heavy atom. The minimum Gasteiger partial charge on any atom is -0.483 e. The summed E-state index contributed by atoms with van der Waals surface area (Å²) in [6, 6.07) is 10.8. The quantitative estimate of drug-likeness (QED) is 0.777. The van der Waals surface area contributed by atoms with Gasteiger partial charge in [-0.15, -0.1) is 0 Å². The van der Waals surface area contributed by atoms with Crippen LogP contribution >= 0.6 is 0 Å². The Hall–Kier alpha value is -3.00. The zero-order chi connectivity index (χ0) is 21.5. The van der Waals surface area contributed by atoms with Crippen LogP contribution in [0.1, 0.15) is 28.0 Å². The monoisotopic (exact) mass is 414 g/mol. The highest BCUT2D eigenvalue weighted by Crippen LogP contribution is 2.25. The fraction of sp³-hybridized carbons (Fsp3) is 0.409. The average Bonchev–Trinajstić information content (AvgIpc) is 2.96. The van der Waals surface area contributed by atoms with Gasteiger partial charge in [-0.05, 0) is 30.5 Å². The van der Waals surface area contributed by atoms with E-state index in [0.717, 1.165) is 38.3 Å². The second-order valence-electron chi connectivity index (χ2n) is 7.47. The summed E-state index contributed by atoms with van der Waals surface area (Å²) in [5.74, 6) is 0.754. The van der Waals surface area contributed by atoms with E-state index in [0.29, 0.717) is 30.9 Å². The van der Waals surface area contributed by atoms with E-state index in [1.165, 1.54) is 11.6 Å². The maximum atomic E-state index is 13.9. The largest absolute Gasteiger partial charge is 0.483 e. The zero-order valence-electron chi connectivity index (χ0n) is 17.1. The van der Waals surface area contributed by atoms with Crippen molar-refractivity contribution in [3.05, 3.63) is 59.0 Å². The van der Waals surface area contributed by atoms with Crippen molar-refractivity contribution in [1.29, 1.82) is 0 Å². The van der Waals surface area contributed by atoms with Gasteiger partial charge in [-0.1, -0.05) is 24.3 Å². The maximum Gasteiger partial charge on any atom is 0.290 e. The summed E-state index contributed by atoms with van der Waals surface area (Å²) < 4.78 is 13.9. The fourth-order valence-corrected chi connectivity index (χ4v) is 3.88. The third-order valence-corrected chi connectivity index (χ3v) is 5.48. The standard InChI is InChI=1S/C21H25FN4O.CH2O2/c1-24-12-9-16-7-8-19(23-20(16)24)21(27)26-11-4-10-25(13-14-26)15-17-5-2-3-6-18(17)22;2-1-3/h2-3,5-8H,4,9-15H2,1H3;1H,(H,2,3). The molecule has 1 N–H and O–H groups in total. The molecule has 0 unspecified atom stereocenters. The smallest absolute Gasteiger partial charge is 0.290 e. The summed E-state index contributed by atoms with van der Waals surface area (Å²) in [5, 5.41) is 6.89. The van der Waals surface area contributed by atoms with Gasteiger partial charge in [0.25, 0.3) is 12.4 Å². The van der Waals surface area contributed by atoms with E-state index in [-0.39, 0.29) is 18.2 Å². The Morgan fingerprint density at radius 1 is 1.13 bits per heavy atom. The molecule has 1 saturated heterocycles. The SMILES string of the molecule is CN1CCc2ccc(C(=O)N3CCCN(Cc4ccccc4F)CC3)nc21.O=CO. The summed E-state index contributed by atoms with van der Waals surface area (Å²) in [6.45, 7) is 4.23. The number of aromatic nitrogens is 1. The van der Waals surface area contributed by atoms with Gasteiger partial charge < -0.3 is 14.9 Å². The molecule has 1 amide bonds. The fourth-order valence-electron chi connectivity index (χ4n) is 3.88. The summed E-state index contributed by atoms with van der Waals surface area (Å²) in [4.78, 5) is 32.1. The van der Waals surface area contributed by atoms with Crippen LogP contribution in [-0.4, -0.2) is 72.0 Å². The van der Waals surface area contributed by atoms with Crippen LogP contribution in [0.5, 0.6) is 0 Å². The van der Waals surface area contributed by atoms with Crippen molar-refractivity contribution in [1.82, 2.24) is 14.8 Å². The lowest BCUT2D eigenvalue weighted by Gasteiger charge is -2.22. The van der Waals surface area contributed by atoms with Gasteiger partial charge in [-0.3, -0.25) is 14.5 Å². The number of anilines is 1. The Labute approximate surface area is 175 Å². The lowest BCUT2D eigenvalue weighted by Crippen LogP contribution is -2.35. The predicted octanol–water partition coefficient (Wildman–Crippen LogP) is 2.26. The number of rotatable bonds is 3. The van der Waals surface area contributed by atoms with Gasteiger partial charge >= 0.3 is 0 Å². The number of fused-ring (bicyclic) bond motifs is 1. The Bertz CT molecular complexity index is 892. The molecule has 0 aliphatic carbocycles. The molecule has 30 heavy (non-hydrogen) atoms. The Morgan fingerprint density at radius 3 is 2.67 bits per heavy atom. The highest BCUT2D eigenvalue weighted by Gasteiger charge is 2.24. The molecular weight excluding hydrogens is 387 g/mol. The molecule has 4 rings (SSSR count). The first kappa shape index (κ1) is 21.7. The summed E-state index contributed by atoms with van der Waals surface area (Å²) in [5.41, 5.74) is 2.44. The van der Waals surface area contributed by atoms with Crippen molar-refractivity contribution in [2.75, 3.05) is 44.7 Å². The summed E-state index contributed by atoms with van der Waals surface area (Å²) in [7, 11) is 2.01. The van der Waals surface area contributed by atoms with E-state index in [1.54, 1.807) is 6.07 Å². The van der Waals surface area contributed by atoms with Gasteiger partial charge in [-0.25, -0.2) is 9.37 Å². The second-order valence-corrected chi connectivity index (χ2v) is 7.47. The van der Waals surface area contributed by atoms with Crippen LogP contribution in [-0.2, 0) is 17.8 Å². The van der Waals surface area contributed by atoms with Crippen molar-refractivity contribution < 1.29 is 19.1 Å². The van der Waals surface area contributed by atoms with E-state index >= 15 is 0 Å². The van der Waals surface area contributed by atoms with Crippen LogP contribution < -0.4 is 4.90 Å². The number of carbonyl (C=O) groups is 2. The molecule has 2 aromatic rings. The molecular formula is C22H27FN4O3. The van der Waals surface area contributed by atoms with E-state index < -0.39 is 0 Å². The summed E-state index contributed by atoms with van der Waals surface area (Å²) >= 11 is 0. The first-order chi connectivity index (χ1) is 14.5. The van der Waals surface area contributed by atoms with Gasteiger partial charge in [-0.2, -0.15) is 0 Å². The zero-order valence-corrected chi connectivity index (χ0v) is 17.1. The van der Waals surface area contributed by atoms with E-state index in [1.807, 2.05) is 36.2 Å². The molecule has 0 bridgehead atoms. The summed E-state index contributed by atoms with van der Waals surface area (Å²) in [6.07, 6.45) is 1.87. The molecule has 8 heteroatoms. The number of hydrogen-bond acceptors (Lipinski definition) is 5. The number of carbonyl (C=O) groups excluding carboxylic acids is 1. The minimum absolute atomic E-state index is 0.00848. The second kappa shape index (κ2) is 10.2. The van der Waals surface area contributed by atoms with Gasteiger partial charge in [0.15, 0.2) is 0 Å². The molecule has 0 saturated carbocycles. The molecule has 0 spiro atoms. The predicted molar refractivity (Wildman–Crippen MR) is 112 cm³/mol. The lowest BCUT2D eigenvalue weighted by atomic mass is 10.2. The number of halogens is 1. The molecule has 0 atom stereocenters. The Kier molecular flexibility index (Phi) is 7.35. The third kappa shape index (κ3) is 5.13. The van der Waals surface area contributed by atoms with Crippen molar-refractivity contribution >= 4 is 18.2 Å². The van der Waals surface area contributed by atoms with Gasteiger partial charge in [0.2, 0.25) is 0 Å². The van der Waals surface area contributed by atoms with Gasteiger partial charge in [0.1, 0.15) is 17.3 Å². The highest BCUT2D eigenvalue weighted by atomic mass is 19.1. The van der Waals surface area contributed by atoms with Crippen LogP contribution in [0.4, 0.5) is 10.2 Å². The van der Waals surface area contributed by atoms with Gasteiger partial charge in [0.05, 0.1) is 0 Å². The number of hydrogen-bond donors (Lipinski definition) is 1. The average molecular weight is 414 g/mol.